The van der Waals surface area contributed by atoms with Gasteiger partial charge in [-0.15, -0.1) is 0 Å². The zero-order valence-corrected chi connectivity index (χ0v) is 17.3. The molecular weight excluding hydrogens is 424 g/mol. The van der Waals surface area contributed by atoms with Gasteiger partial charge in [-0.2, -0.15) is 0 Å². The third kappa shape index (κ3) is 10.0. The number of hydrogen-bond donors (Lipinski definition) is 0. The van der Waals surface area contributed by atoms with E-state index < -0.39 is 0 Å². The van der Waals surface area contributed by atoms with Crippen LogP contribution in [0.4, 0.5) is 0 Å². The molecule has 4 aliphatic heterocycles. The standard InChI is InChI=1S/C11H16N4.C10H16N4.5CH4/c1-3-12-5-7-14(9-12)11-15-8-6-13(4-2)10-15;1-3-12-6-7-14(9-12)10-13-5-4-11(2)8-13;;;;;/h3-8H,1-2,9-11H2;3-7H,1,8-10H2,2H3;5*1H4. The van der Waals surface area contributed by atoms with Crippen LogP contribution >= 0.6 is 0 Å². The molecule has 0 bridgehead atoms. The van der Waals surface area contributed by atoms with E-state index in [1.54, 1.807) is 0 Å². The van der Waals surface area contributed by atoms with Crippen LogP contribution in [0.1, 0.15) is 37.1 Å². The van der Waals surface area contributed by atoms with Crippen LogP contribution in [0.25, 0.3) is 0 Å². The molecule has 8 heteroatoms. The largest absolute Gasteiger partial charge is 0.362 e. The summed E-state index contributed by atoms with van der Waals surface area (Å²) in [7, 11) is 2.08. The first-order chi connectivity index (χ1) is 14.1. The molecule has 4 rings (SSSR count). The smallest absolute Gasteiger partial charge is 0.0952 e. The molecule has 0 aromatic heterocycles. The summed E-state index contributed by atoms with van der Waals surface area (Å²) in [5.41, 5.74) is 0. The van der Waals surface area contributed by atoms with E-state index in [-0.39, 0.29) is 37.1 Å². The monoisotopic (exact) mass is 476 g/mol. The van der Waals surface area contributed by atoms with Crippen LogP contribution in [0, 0.1) is 0 Å². The lowest BCUT2D eigenvalue weighted by Crippen LogP contribution is -2.34. The molecule has 0 fully saturated rings. The van der Waals surface area contributed by atoms with Crippen LogP contribution in [0.15, 0.2) is 87.9 Å². The van der Waals surface area contributed by atoms with Gasteiger partial charge in [0.2, 0.25) is 0 Å². The third-order valence-corrected chi connectivity index (χ3v) is 4.81. The molecule has 0 aromatic rings. The van der Waals surface area contributed by atoms with Crippen molar-refractivity contribution >= 4 is 0 Å². The van der Waals surface area contributed by atoms with Gasteiger partial charge in [0.05, 0.1) is 40.0 Å². The van der Waals surface area contributed by atoms with Crippen LogP contribution in [0.5, 0.6) is 0 Å². The average Bonchev–Trinajstić information content (AvgIpc) is 3.51. The Kier molecular flexibility index (Phi) is 17.7. The highest BCUT2D eigenvalue weighted by molar-refractivity contribution is 4.99. The molecule has 0 unspecified atom stereocenters. The summed E-state index contributed by atoms with van der Waals surface area (Å²) in [6, 6.07) is 0. The van der Waals surface area contributed by atoms with Crippen LogP contribution in [0.3, 0.4) is 0 Å². The Labute approximate surface area is 211 Å². The van der Waals surface area contributed by atoms with E-state index in [4.69, 9.17) is 0 Å². The zero-order chi connectivity index (χ0) is 20.6. The van der Waals surface area contributed by atoms with Crippen LogP contribution in [0.2, 0.25) is 0 Å². The van der Waals surface area contributed by atoms with Crippen LogP contribution in [-0.4, -0.2) is 86.3 Å². The second-order valence-electron chi connectivity index (χ2n) is 7.24. The fraction of sp³-hybridized carbons (Fsp3) is 0.462. The molecule has 0 saturated carbocycles. The summed E-state index contributed by atoms with van der Waals surface area (Å²) in [6.07, 6.45) is 22.0. The van der Waals surface area contributed by atoms with Gasteiger partial charge in [-0.3, -0.25) is 0 Å². The van der Waals surface area contributed by atoms with E-state index >= 15 is 0 Å². The van der Waals surface area contributed by atoms with E-state index in [1.807, 2.05) is 47.0 Å². The Balaban J connectivity index is -0.000000494. The first-order valence-corrected chi connectivity index (χ1v) is 9.64. The van der Waals surface area contributed by atoms with Crippen molar-refractivity contribution in [1.82, 2.24) is 39.2 Å². The van der Waals surface area contributed by atoms with Crippen molar-refractivity contribution in [3.63, 3.8) is 0 Å². The third-order valence-electron chi connectivity index (χ3n) is 4.81. The zero-order valence-electron chi connectivity index (χ0n) is 17.3. The highest BCUT2D eigenvalue weighted by Crippen LogP contribution is 2.12. The predicted molar refractivity (Wildman–Crippen MR) is 151 cm³/mol. The second kappa shape index (κ2) is 17.1. The summed E-state index contributed by atoms with van der Waals surface area (Å²) in [6.45, 7) is 16.6. The van der Waals surface area contributed by atoms with Crippen molar-refractivity contribution in [3.05, 3.63) is 87.9 Å². The van der Waals surface area contributed by atoms with Crippen LogP contribution < -0.4 is 0 Å². The number of rotatable bonds is 7. The van der Waals surface area contributed by atoms with Crippen LogP contribution in [-0.2, 0) is 0 Å². The molecule has 0 saturated heterocycles. The lowest BCUT2D eigenvalue weighted by atomic mass is 10.7. The van der Waals surface area contributed by atoms with Gasteiger partial charge < -0.3 is 39.2 Å². The molecule has 0 aliphatic carbocycles. The summed E-state index contributed by atoms with van der Waals surface area (Å²) >= 11 is 0. The maximum absolute atomic E-state index is 3.73. The van der Waals surface area contributed by atoms with Gasteiger partial charge in [0.25, 0.3) is 0 Å². The summed E-state index contributed by atoms with van der Waals surface area (Å²) in [4.78, 5) is 17.3. The summed E-state index contributed by atoms with van der Waals surface area (Å²) in [5.74, 6) is 0. The van der Waals surface area contributed by atoms with Crippen molar-refractivity contribution in [3.8, 4) is 0 Å². The van der Waals surface area contributed by atoms with Gasteiger partial charge in [0.1, 0.15) is 0 Å². The summed E-state index contributed by atoms with van der Waals surface area (Å²) < 4.78 is 0. The maximum atomic E-state index is 3.73. The van der Waals surface area contributed by atoms with Crippen molar-refractivity contribution in [1.29, 1.82) is 0 Å². The number of nitrogens with zero attached hydrogens (tertiary/aromatic N) is 8. The Morgan fingerprint density at radius 3 is 1.03 bits per heavy atom. The molecule has 0 spiro atoms. The Morgan fingerprint density at radius 2 is 0.794 bits per heavy atom. The second-order valence-corrected chi connectivity index (χ2v) is 7.24. The molecular formula is C26H52N8. The van der Waals surface area contributed by atoms with Gasteiger partial charge in [0.15, 0.2) is 0 Å². The van der Waals surface area contributed by atoms with E-state index in [9.17, 15) is 0 Å². The van der Waals surface area contributed by atoms with Crippen molar-refractivity contribution in [2.24, 2.45) is 0 Å². The minimum Gasteiger partial charge on any atom is -0.362 e. The van der Waals surface area contributed by atoms with Gasteiger partial charge in [-0.25, -0.2) is 0 Å². The lowest BCUT2D eigenvalue weighted by molar-refractivity contribution is 0.184. The predicted octanol–water partition coefficient (Wildman–Crippen LogP) is 5.31. The van der Waals surface area contributed by atoms with Crippen molar-refractivity contribution in [2.45, 2.75) is 37.1 Å². The quantitative estimate of drug-likeness (QED) is 0.487. The molecule has 0 N–H and O–H groups in total. The molecule has 8 nitrogen and oxygen atoms in total. The first-order valence-electron chi connectivity index (χ1n) is 9.64. The Morgan fingerprint density at radius 1 is 0.500 bits per heavy atom. The van der Waals surface area contributed by atoms with E-state index in [2.05, 4.69) is 87.2 Å². The SMILES string of the molecule is C.C.C.C.C.C=CN1C=CN(CN2C=CN(C)C2)C1.C=CN1C=CN(CN2C=CN(C=C)C2)C1. The fourth-order valence-corrected chi connectivity index (χ4v) is 3.23. The number of hydrogen-bond acceptors (Lipinski definition) is 8. The molecule has 0 amide bonds. The minimum absolute atomic E-state index is 0. The topological polar surface area (TPSA) is 25.9 Å². The highest BCUT2D eigenvalue weighted by atomic mass is 15.4. The maximum Gasteiger partial charge on any atom is 0.0952 e. The van der Waals surface area contributed by atoms with Gasteiger partial charge in [0, 0.05) is 56.6 Å². The molecule has 0 aromatic carbocycles. The van der Waals surface area contributed by atoms with Gasteiger partial charge in [-0.05, 0) is 18.6 Å². The Hall–Kier alpha value is -3.42. The Bertz CT molecular complexity index is 669. The minimum atomic E-state index is 0. The molecule has 4 aliphatic rings. The van der Waals surface area contributed by atoms with Crippen molar-refractivity contribution in [2.75, 3.05) is 47.1 Å². The molecule has 0 atom stereocenters. The summed E-state index contributed by atoms with van der Waals surface area (Å²) in [5, 5.41) is 0. The molecule has 0 radical (unpaired) electrons. The van der Waals surface area contributed by atoms with Gasteiger partial charge >= 0.3 is 0 Å². The first kappa shape index (κ1) is 35.2. The molecule has 34 heavy (non-hydrogen) atoms. The molecule has 196 valence electrons. The van der Waals surface area contributed by atoms with Gasteiger partial charge in [-0.1, -0.05) is 56.9 Å². The molecule has 4 heterocycles. The lowest BCUT2D eigenvalue weighted by Gasteiger charge is -2.25. The highest BCUT2D eigenvalue weighted by Gasteiger charge is 2.16. The normalized spacial score (nSPS) is 16.7. The average molecular weight is 477 g/mol. The van der Waals surface area contributed by atoms with Crippen molar-refractivity contribution < 1.29 is 0 Å². The van der Waals surface area contributed by atoms with E-state index in [1.165, 1.54) is 0 Å². The van der Waals surface area contributed by atoms with E-state index in [0.717, 1.165) is 40.0 Å². The van der Waals surface area contributed by atoms with E-state index in [0.29, 0.717) is 0 Å². The fourth-order valence-electron chi connectivity index (χ4n) is 3.23.